The Morgan fingerprint density at radius 1 is 1.00 bits per heavy atom. The Hall–Kier alpha value is -1.31. The fourth-order valence-electron chi connectivity index (χ4n) is 5.08. The van der Waals surface area contributed by atoms with Gasteiger partial charge in [-0.25, -0.2) is 0 Å². The molecule has 100 valence electrons. The van der Waals surface area contributed by atoms with E-state index in [1.807, 2.05) is 30.3 Å². The maximum absolute atomic E-state index is 12.3. The van der Waals surface area contributed by atoms with Gasteiger partial charge in [0.05, 0.1) is 0 Å². The molecule has 4 rings (SSSR count). The molecule has 0 aromatic heterocycles. The highest BCUT2D eigenvalue weighted by molar-refractivity contribution is 5.94. The van der Waals surface area contributed by atoms with E-state index >= 15 is 0 Å². The molecule has 1 aromatic rings. The molecular weight excluding hydrogens is 234 g/mol. The van der Waals surface area contributed by atoms with Gasteiger partial charge in [-0.3, -0.25) is 4.79 Å². The molecule has 1 N–H and O–H groups in total. The lowest BCUT2D eigenvalue weighted by molar-refractivity contribution is 0.0901. The fraction of sp³-hybridized carbons (Fsp3) is 0.588. The molecule has 1 amide bonds. The van der Waals surface area contributed by atoms with Crippen LogP contribution >= 0.6 is 0 Å². The summed E-state index contributed by atoms with van der Waals surface area (Å²) in [5, 5.41) is 3.30. The summed E-state index contributed by atoms with van der Waals surface area (Å²) >= 11 is 0. The zero-order valence-electron chi connectivity index (χ0n) is 11.2. The molecule has 3 aliphatic carbocycles. The Bertz CT molecular complexity index is 483. The van der Waals surface area contributed by atoms with Crippen molar-refractivity contribution in [3.63, 3.8) is 0 Å². The van der Waals surface area contributed by atoms with Gasteiger partial charge in [0.25, 0.3) is 5.91 Å². The monoisotopic (exact) mass is 255 g/mol. The van der Waals surface area contributed by atoms with Crippen LogP contribution in [0.5, 0.6) is 0 Å². The number of carbonyl (C=O) groups is 1. The predicted octanol–water partition coefficient (Wildman–Crippen LogP) is 3.24. The van der Waals surface area contributed by atoms with Crippen molar-refractivity contribution in [3.05, 3.63) is 35.9 Å². The Labute approximate surface area is 114 Å². The van der Waals surface area contributed by atoms with Gasteiger partial charge in [0, 0.05) is 11.6 Å². The minimum absolute atomic E-state index is 0.118. The minimum atomic E-state index is 0.118. The first-order valence-electron chi connectivity index (χ1n) is 7.69. The number of fused-ring (bicyclic) bond motifs is 5. The summed E-state index contributed by atoms with van der Waals surface area (Å²) in [4.78, 5) is 12.3. The third-order valence-corrected chi connectivity index (χ3v) is 5.78. The van der Waals surface area contributed by atoms with Crippen molar-refractivity contribution in [2.45, 2.75) is 38.1 Å². The van der Waals surface area contributed by atoms with Crippen LogP contribution in [0.1, 0.15) is 42.5 Å². The van der Waals surface area contributed by atoms with E-state index in [9.17, 15) is 4.79 Å². The maximum atomic E-state index is 12.3. The van der Waals surface area contributed by atoms with Crippen molar-refractivity contribution in [2.24, 2.45) is 23.7 Å². The first-order valence-corrected chi connectivity index (χ1v) is 7.69. The largest absolute Gasteiger partial charge is 0.349 e. The fourth-order valence-corrected chi connectivity index (χ4v) is 5.08. The minimum Gasteiger partial charge on any atom is -0.349 e. The lowest BCUT2D eigenvalue weighted by Gasteiger charge is -2.32. The quantitative estimate of drug-likeness (QED) is 0.863. The molecule has 19 heavy (non-hydrogen) atoms. The summed E-state index contributed by atoms with van der Waals surface area (Å²) < 4.78 is 0. The van der Waals surface area contributed by atoms with Crippen LogP contribution in [0.4, 0.5) is 0 Å². The summed E-state index contributed by atoms with van der Waals surface area (Å²) in [6.45, 7) is 0. The summed E-state index contributed by atoms with van der Waals surface area (Å²) in [5.41, 5.74) is 0.799. The van der Waals surface area contributed by atoms with Crippen molar-refractivity contribution in [2.75, 3.05) is 0 Å². The van der Waals surface area contributed by atoms with E-state index in [0.717, 1.165) is 29.2 Å². The molecule has 5 atom stereocenters. The van der Waals surface area contributed by atoms with Crippen LogP contribution in [0, 0.1) is 23.7 Å². The second-order valence-electron chi connectivity index (χ2n) is 6.60. The molecular formula is C17H21NO. The number of hydrogen-bond acceptors (Lipinski definition) is 1. The highest BCUT2D eigenvalue weighted by Crippen LogP contribution is 2.58. The van der Waals surface area contributed by atoms with Gasteiger partial charge in [-0.1, -0.05) is 24.6 Å². The van der Waals surface area contributed by atoms with E-state index in [0.29, 0.717) is 6.04 Å². The molecule has 5 unspecified atom stereocenters. The molecule has 0 radical (unpaired) electrons. The molecule has 3 aliphatic rings. The number of rotatable bonds is 2. The smallest absolute Gasteiger partial charge is 0.251 e. The zero-order valence-corrected chi connectivity index (χ0v) is 11.2. The molecule has 2 bridgehead atoms. The average molecular weight is 255 g/mol. The first kappa shape index (κ1) is 11.5. The van der Waals surface area contributed by atoms with Crippen LogP contribution in [-0.4, -0.2) is 11.9 Å². The van der Waals surface area contributed by atoms with Crippen LogP contribution in [0.15, 0.2) is 30.3 Å². The molecule has 2 heteroatoms. The van der Waals surface area contributed by atoms with Crippen LogP contribution < -0.4 is 5.32 Å². The second kappa shape index (κ2) is 4.36. The van der Waals surface area contributed by atoms with Crippen LogP contribution in [-0.2, 0) is 0 Å². The topological polar surface area (TPSA) is 29.1 Å². The Morgan fingerprint density at radius 2 is 1.79 bits per heavy atom. The van der Waals surface area contributed by atoms with E-state index in [1.54, 1.807) is 0 Å². The van der Waals surface area contributed by atoms with Gasteiger partial charge in [-0.15, -0.1) is 0 Å². The molecule has 0 spiro atoms. The van der Waals surface area contributed by atoms with Crippen molar-refractivity contribution >= 4 is 5.91 Å². The van der Waals surface area contributed by atoms with E-state index < -0.39 is 0 Å². The first-order chi connectivity index (χ1) is 9.33. The highest BCUT2D eigenvalue weighted by Gasteiger charge is 2.53. The lowest BCUT2D eigenvalue weighted by Crippen LogP contribution is -2.42. The maximum Gasteiger partial charge on any atom is 0.251 e. The van der Waals surface area contributed by atoms with Gasteiger partial charge < -0.3 is 5.32 Å². The zero-order chi connectivity index (χ0) is 12.8. The highest BCUT2D eigenvalue weighted by atomic mass is 16.1. The second-order valence-corrected chi connectivity index (χ2v) is 6.60. The molecule has 2 nitrogen and oxygen atoms in total. The van der Waals surface area contributed by atoms with Gasteiger partial charge in [0.2, 0.25) is 0 Å². The number of hydrogen-bond donors (Lipinski definition) is 1. The third-order valence-electron chi connectivity index (χ3n) is 5.78. The van der Waals surface area contributed by atoms with Crippen molar-refractivity contribution in [3.8, 4) is 0 Å². The van der Waals surface area contributed by atoms with Crippen LogP contribution in [0.2, 0.25) is 0 Å². The number of benzene rings is 1. The molecule has 0 heterocycles. The van der Waals surface area contributed by atoms with Gasteiger partial charge in [0.15, 0.2) is 0 Å². The Morgan fingerprint density at radius 3 is 2.63 bits per heavy atom. The summed E-state index contributed by atoms with van der Waals surface area (Å²) in [6, 6.07) is 10.1. The van der Waals surface area contributed by atoms with E-state index in [4.69, 9.17) is 0 Å². The van der Waals surface area contributed by atoms with Crippen molar-refractivity contribution < 1.29 is 4.79 Å². The molecule has 0 saturated heterocycles. The summed E-state index contributed by atoms with van der Waals surface area (Å²) in [5.74, 6) is 3.70. The van der Waals surface area contributed by atoms with E-state index in [2.05, 4.69) is 5.32 Å². The molecule has 1 aromatic carbocycles. The van der Waals surface area contributed by atoms with E-state index in [1.165, 1.54) is 32.1 Å². The normalized spacial score (nSPS) is 39.3. The number of amides is 1. The average Bonchev–Trinajstić information content (AvgIpc) is 3.11. The van der Waals surface area contributed by atoms with Crippen LogP contribution in [0.25, 0.3) is 0 Å². The van der Waals surface area contributed by atoms with Crippen molar-refractivity contribution in [1.82, 2.24) is 5.32 Å². The molecule has 3 saturated carbocycles. The Balaban J connectivity index is 1.46. The number of carbonyl (C=O) groups excluding carboxylic acids is 1. The van der Waals surface area contributed by atoms with Gasteiger partial charge >= 0.3 is 0 Å². The standard InChI is InChI=1S/C17H21NO/c19-17(11-5-2-1-3-6-11)18-16-10-12-9-15(16)14-8-4-7-13(12)14/h1-3,5-6,12-16H,4,7-10H2,(H,18,19). The predicted molar refractivity (Wildman–Crippen MR) is 74.7 cm³/mol. The number of nitrogens with one attached hydrogen (secondary N) is 1. The Kier molecular flexibility index (Phi) is 2.64. The molecule has 3 fully saturated rings. The van der Waals surface area contributed by atoms with Gasteiger partial charge in [0.1, 0.15) is 0 Å². The van der Waals surface area contributed by atoms with Gasteiger partial charge in [-0.05, 0) is 61.5 Å². The van der Waals surface area contributed by atoms with Crippen LogP contribution in [0.3, 0.4) is 0 Å². The third kappa shape index (κ3) is 1.80. The summed E-state index contributed by atoms with van der Waals surface area (Å²) in [6.07, 6.45) is 6.87. The van der Waals surface area contributed by atoms with E-state index in [-0.39, 0.29) is 5.91 Å². The van der Waals surface area contributed by atoms with Gasteiger partial charge in [-0.2, -0.15) is 0 Å². The SMILES string of the molecule is O=C(NC1CC2CC1C1CCCC21)c1ccccc1. The van der Waals surface area contributed by atoms with Crippen molar-refractivity contribution in [1.29, 1.82) is 0 Å². The molecule has 0 aliphatic heterocycles. The summed E-state index contributed by atoms with van der Waals surface area (Å²) in [7, 11) is 0. The lowest BCUT2D eigenvalue weighted by atomic mass is 9.79.